The molecule has 4 heteroatoms. The Hall–Kier alpha value is -3.58. The molecule has 1 aromatic heterocycles. The highest BCUT2D eigenvalue weighted by atomic mass is 16.5. The van der Waals surface area contributed by atoms with Crippen molar-refractivity contribution in [2.45, 2.75) is 6.42 Å². The second-order valence-electron chi connectivity index (χ2n) is 5.85. The molecular formula is C23H20N2O2. The van der Waals surface area contributed by atoms with Gasteiger partial charge in [-0.05, 0) is 28.8 Å². The molecule has 1 amide bonds. The van der Waals surface area contributed by atoms with Gasteiger partial charge in [-0.2, -0.15) is 0 Å². The monoisotopic (exact) mass is 356 g/mol. The zero-order chi connectivity index (χ0) is 18.7. The van der Waals surface area contributed by atoms with Crippen LogP contribution >= 0.6 is 0 Å². The van der Waals surface area contributed by atoms with Crippen LogP contribution in [0.4, 0.5) is 0 Å². The maximum atomic E-state index is 12.0. The topological polar surface area (TPSA) is 51.2 Å². The first-order valence-electron chi connectivity index (χ1n) is 8.71. The van der Waals surface area contributed by atoms with Crippen molar-refractivity contribution in [2.24, 2.45) is 0 Å². The summed E-state index contributed by atoms with van der Waals surface area (Å²) in [5.41, 5.74) is 3.27. The Balaban J connectivity index is 1.40. The van der Waals surface area contributed by atoms with Crippen molar-refractivity contribution in [3.63, 3.8) is 0 Å². The van der Waals surface area contributed by atoms with Crippen molar-refractivity contribution in [3.05, 3.63) is 84.7 Å². The number of nitrogens with zero attached hydrogens (tertiary/aromatic N) is 1. The lowest BCUT2D eigenvalue weighted by molar-refractivity contribution is -0.120. The van der Waals surface area contributed by atoms with Crippen molar-refractivity contribution in [1.82, 2.24) is 10.3 Å². The molecule has 27 heavy (non-hydrogen) atoms. The molecule has 3 aromatic rings. The summed E-state index contributed by atoms with van der Waals surface area (Å²) in [5.74, 6) is 6.36. The molecule has 134 valence electrons. The Morgan fingerprint density at radius 1 is 0.926 bits per heavy atom. The van der Waals surface area contributed by atoms with Gasteiger partial charge in [-0.3, -0.25) is 9.78 Å². The lowest BCUT2D eigenvalue weighted by atomic mass is 10.0. The van der Waals surface area contributed by atoms with Crippen molar-refractivity contribution in [1.29, 1.82) is 0 Å². The third kappa shape index (κ3) is 6.02. The molecule has 2 aromatic carbocycles. The van der Waals surface area contributed by atoms with Gasteiger partial charge in [0.1, 0.15) is 12.4 Å². The Labute approximate surface area is 159 Å². The molecule has 3 rings (SSSR count). The van der Waals surface area contributed by atoms with Crippen LogP contribution in [0.2, 0.25) is 0 Å². The minimum Gasteiger partial charge on any atom is -0.479 e. The second-order valence-corrected chi connectivity index (χ2v) is 5.85. The van der Waals surface area contributed by atoms with E-state index in [9.17, 15) is 4.79 Å². The number of rotatable bonds is 6. The molecule has 0 aliphatic heterocycles. The first-order chi connectivity index (χ1) is 13.3. The van der Waals surface area contributed by atoms with Gasteiger partial charge in [-0.15, -0.1) is 0 Å². The molecule has 0 saturated carbocycles. The van der Waals surface area contributed by atoms with Crippen LogP contribution in [-0.2, 0) is 11.2 Å². The average Bonchev–Trinajstić information content (AvgIpc) is 2.72. The number of carbonyl (C=O) groups is 1. The fraction of sp³-hybridized carbons (Fsp3) is 0.130. The minimum absolute atomic E-state index is 0.0510. The summed E-state index contributed by atoms with van der Waals surface area (Å²) in [4.78, 5) is 16.0. The lowest BCUT2D eigenvalue weighted by Crippen LogP contribution is -2.25. The summed E-state index contributed by atoms with van der Waals surface area (Å²) in [7, 11) is 0. The zero-order valence-electron chi connectivity index (χ0n) is 14.9. The number of hydrogen-bond acceptors (Lipinski definition) is 3. The van der Waals surface area contributed by atoms with Crippen molar-refractivity contribution in [2.75, 3.05) is 13.2 Å². The van der Waals surface area contributed by atoms with Crippen molar-refractivity contribution in [3.8, 4) is 28.7 Å². The smallest absolute Gasteiger partial charge is 0.225 e. The third-order valence-corrected chi connectivity index (χ3v) is 3.87. The summed E-state index contributed by atoms with van der Waals surface area (Å²) in [5, 5.41) is 2.80. The highest BCUT2D eigenvalue weighted by molar-refractivity contribution is 5.79. The van der Waals surface area contributed by atoms with E-state index in [2.05, 4.69) is 34.3 Å². The van der Waals surface area contributed by atoms with Crippen LogP contribution in [0.3, 0.4) is 0 Å². The maximum absolute atomic E-state index is 12.0. The van der Waals surface area contributed by atoms with E-state index in [4.69, 9.17) is 4.74 Å². The minimum atomic E-state index is -0.0510. The lowest BCUT2D eigenvalue weighted by Gasteiger charge is -2.05. The predicted octanol–water partition coefficient (Wildman–Crippen LogP) is 3.49. The molecule has 0 aliphatic carbocycles. The number of nitrogens with one attached hydrogen (secondary N) is 1. The normalized spacial score (nSPS) is 9.78. The number of carbonyl (C=O) groups excluding carboxylic acids is 1. The van der Waals surface area contributed by atoms with Crippen LogP contribution in [-0.4, -0.2) is 24.0 Å². The van der Waals surface area contributed by atoms with E-state index in [0.717, 1.165) is 16.7 Å². The summed E-state index contributed by atoms with van der Waals surface area (Å²) in [6.45, 7) is 0.569. The molecule has 1 heterocycles. The Bertz CT molecular complexity index is 911. The Kier molecular flexibility index (Phi) is 6.60. The van der Waals surface area contributed by atoms with Crippen LogP contribution < -0.4 is 10.1 Å². The molecule has 0 spiro atoms. The number of aromatic nitrogens is 1. The molecule has 0 bridgehead atoms. The number of benzene rings is 2. The van der Waals surface area contributed by atoms with Crippen LogP contribution in [0, 0.1) is 11.8 Å². The molecule has 0 aliphatic rings. The fourth-order valence-electron chi connectivity index (χ4n) is 2.50. The average molecular weight is 356 g/mol. The van der Waals surface area contributed by atoms with E-state index >= 15 is 0 Å². The number of ether oxygens (including phenoxy) is 1. The van der Waals surface area contributed by atoms with Gasteiger partial charge in [-0.1, -0.05) is 66.4 Å². The third-order valence-electron chi connectivity index (χ3n) is 3.87. The standard InChI is InChI=1S/C23H20N2O2/c26-23(25-15-4-5-16-27-22-9-6-14-24-18-22)17-19-10-12-21(13-11-19)20-7-2-1-3-8-20/h1-3,6-14,18H,15-17H2,(H,25,26). The first kappa shape index (κ1) is 18.2. The number of amides is 1. The summed E-state index contributed by atoms with van der Waals surface area (Å²) < 4.78 is 5.41. The van der Waals surface area contributed by atoms with Gasteiger partial charge in [0.05, 0.1) is 19.2 Å². The molecule has 4 nitrogen and oxygen atoms in total. The summed E-state index contributed by atoms with van der Waals surface area (Å²) >= 11 is 0. The first-order valence-corrected chi connectivity index (χ1v) is 8.71. The van der Waals surface area contributed by atoms with Crippen molar-refractivity contribution < 1.29 is 9.53 Å². The van der Waals surface area contributed by atoms with Gasteiger partial charge in [0.25, 0.3) is 0 Å². The van der Waals surface area contributed by atoms with Gasteiger partial charge in [0.2, 0.25) is 5.91 Å². The van der Waals surface area contributed by atoms with Gasteiger partial charge in [0.15, 0.2) is 0 Å². The molecule has 0 fully saturated rings. The van der Waals surface area contributed by atoms with E-state index in [0.29, 0.717) is 18.7 Å². The van der Waals surface area contributed by atoms with Crippen LogP contribution in [0.1, 0.15) is 5.56 Å². The van der Waals surface area contributed by atoms with E-state index in [1.54, 1.807) is 18.5 Å². The van der Waals surface area contributed by atoms with Crippen LogP contribution in [0.25, 0.3) is 11.1 Å². The highest BCUT2D eigenvalue weighted by Crippen LogP contribution is 2.19. The molecular weight excluding hydrogens is 336 g/mol. The van der Waals surface area contributed by atoms with Crippen LogP contribution in [0.15, 0.2) is 79.1 Å². The number of pyridine rings is 1. The zero-order valence-corrected chi connectivity index (χ0v) is 14.9. The van der Waals surface area contributed by atoms with E-state index in [-0.39, 0.29) is 12.5 Å². The van der Waals surface area contributed by atoms with E-state index in [1.165, 1.54) is 0 Å². The maximum Gasteiger partial charge on any atom is 0.225 e. The highest BCUT2D eigenvalue weighted by Gasteiger charge is 2.03. The summed E-state index contributed by atoms with van der Waals surface area (Å²) in [6, 6.07) is 21.8. The molecule has 0 radical (unpaired) electrons. The Morgan fingerprint density at radius 2 is 1.70 bits per heavy atom. The molecule has 0 unspecified atom stereocenters. The predicted molar refractivity (Wildman–Crippen MR) is 106 cm³/mol. The molecule has 0 atom stereocenters. The van der Waals surface area contributed by atoms with Crippen molar-refractivity contribution >= 4 is 5.91 Å². The molecule has 0 saturated heterocycles. The van der Waals surface area contributed by atoms with Gasteiger partial charge >= 0.3 is 0 Å². The van der Waals surface area contributed by atoms with Gasteiger partial charge in [-0.25, -0.2) is 0 Å². The quantitative estimate of drug-likeness (QED) is 0.688. The Morgan fingerprint density at radius 3 is 2.44 bits per heavy atom. The van der Waals surface area contributed by atoms with E-state index < -0.39 is 0 Å². The van der Waals surface area contributed by atoms with Gasteiger partial charge < -0.3 is 10.1 Å². The second kappa shape index (κ2) is 9.79. The number of hydrogen-bond donors (Lipinski definition) is 1. The van der Waals surface area contributed by atoms with Gasteiger partial charge in [0, 0.05) is 6.20 Å². The SMILES string of the molecule is O=C(Cc1ccc(-c2ccccc2)cc1)NCC#CCOc1cccnc1. The molecule has 1 N–H and O–H groups in total. The fourth-order valence-corrected chi connectivity index (χ4v) is 2.50. The largest absolute Gasteiger partial charge is 0.479 e. The van der Waals surface area contributed by atoms with Crippen LogP contribution in [0.5, 0.6) is 5.75 Å². The van der Waals surface area contributed by atoms with E-state index in [1.807, 2.05) is 48.5 Å². The summed E-state index contributed by atoms with van der Waals surface area (Å²) in [6.07, 6.45) is 3.65.